The topological polar surface area (TPSA) is 42.0 Å². The van der Waals surface area contributed by atoms with Crippen molar-refractivity contribution in [1.29, 1.82) is 0 Å². The Kier molecular flexibility index (Phi) is 7.63. The number of hydrogen-bond donors (Lipinski definition) is 0. The second-order valence-electron chi connectivity index (χ2n) is 6.54. The van der Waals surface area contributed by atoms with Gasteiger partial charge in [0.15, 0.2) is 0 Å². The highest BCUT2D eigenvalue weighted by molar-refractivity contribution is 5.79. The fourth-order valence-electron chi connectivity index (χ4n) is 3.53. The second-order valence-corrected chi connectivity index (χ2v) is 6.54. The zero-order valence-corrected chi connectivity index (χ0v) is 14.3. The summed E-state index contributed by atoms with van der Waals surface area (Å²) in [5, 5.41) is 0. The highest BCUT2D eigenvalue weighted by Gasteiger charge is 2.30. The van der Waals surface area contributed by atoms with Crippen LogP contribution in [0.25, 0.3) is 0 Å². The van der Waals surface area contributed by atoms with Gasteiger partial charge in [-0.15, -0.1) is 0 Å². The highest BCUT2D eigenvalue weighted by atomic mass is 16.5. The Hall–Kier alpha value is -0.650. The molecule has 1 heterocycles. The fourth-order valence-corrected chi connectivity index (χ4v) is 3.53. The lowest BCUT2D eigenvalue weighted by Gasteiger charge is -2.37. The first kappa shape index (κ1) is 17.7. The van der Waals surface area contributed by atoms with Gasteiger partial charge >= 0.3 is 0 Å². The minimum atomic E-state index is 0.253. The SMILES string of the molecule is CCOCC1CCC(C(=O)N2CCN(CCOC)CC2)CC1. The largest absolute Gasteiger partial charge is 0.383 e. The normalized spacial score (nSPS) is 27.1. The van der Waals surface area contributed by atoms with Gasteiger partial charge in [-0.2, -0.15) is 0 Å². The summed E-state index contributed by atoms with van der Waals surface area (Å²) in [6.45, 7) is 9.18. The maximum Gasteiger partial charge on any atom is 0.225 e. The molecule has 0 radical (unpaired) electrons. The van der Waals surface area contributed by atoms with Crippen LogP contribution in [0.1, 0.15) is 32.6 Å². The fraction of sp³-hybridized carbons (Fsp3) is 0.941. The molecular formula is C17H32N2O3. The standard InChI is InChI=1S/C17H32N2O3/c1-3-22-14-15-4-6-16(7-5-15)17(20)19-10-8-18(9-11-19)12-13-21-2/h15-16H,3-14H2,1-2H3. The van der Waals surface area contributed by atoms with Crippen molar-refractivity contribution in [3.63, 3.8) is 0 Å². The van der Waals surface area contributed by atoms with Crippen LogP contribution in [0.4, 0.5) is 0 Å². The van der Waals surface area contributed by atoms with Crippen LogP contribution in [0, 0.1) is 11.8 Å². The minimum absolute atomic E-state index is 0.253. The number of piperazine rings is 1. The average Bonchev–Trinajstić information content (AvgIpc) is 2.58. The van der Waals surface area contributed by atoms with Crippen LogP contribution in [0.2, 0.25) is 0 Å². The molecule has 0 spiro atoms. The Labute approximate surface area is 134 Å². The quantitative estimate of drug-likeness (QED) is 0.716. The summed E-state index contributed by atoms with van der Waals surface area (Å²) < 4.78 is 10.6. The predicted molar refractivity (Wildman–Crippen MR) is 86.8 cm³/mol. The van der Waals surface area contributed by atoms with Crippen molar-refractivity contribution in [2.24, 2.45) is 11.8 Å². The van der Waals surface area contributed by atoms with Crippen molar-refractivity contribution in [1.82, 2.24) is 9.80 Å². The van der Waals surface area contributed by atoms with E-state index in [0.29, 0.717) is 11.8 Å². The molecule has 1 saturated carbocycles. The summed E-state index contributed by atoms with van der Waals surface area (Å²) in [6, 6.07) is 0. The Bertz CT molecular complexity index is 292. The van der Waals surface area contributed by atoms with E-state index in [9.17, 15) is 4.79 Å². The van der Waals surface area contributed by atoms with Crippen LogP contribution < -0.4 is 0 Å². The molecule has 22 heavy (non-hydrogen) atoms. The number of nitrogens with zero attached hydrogens (tertiary/aromatic N) is 2. The average molecular weight is 312 g/mol. The Morgan fingerprint density at radius 2 is 1.77 bits per heavy atom. The molecule has 0 bridgehead atoms. The van der Waals surface area contributed by atoms with Gasteiger partial charge in [-0.1, -0.05) is 0 Å². The lowest BCUT2D eigenvalue weighted by Crippen LogP contribution is -2.51. The van der Waals surface area contributed by atoms with E-state index in [1.807, 2.05) is 6.92 Å². The number of carbonyl (C=O) groups is 1. The number of rotatable bonds is 7. The molecule has 0 atom stereocenters. The maximum absolute atomic E-state index is 12.6. The zero-order chi connectivity index (χ0) is 15.8. The first-order chi connectivity index (χ1) is 10.7. The molecular weight excluding hydrogens is 280 g/mol. The third-order valence-corrected chi connectivity index (χ3v) is 5.05. The van der Waals surface area contributed by atoms with E-state index in [1.54, 1.807) is 7.11 Å². The number of ether oxygens (including phenoxy) is 2. The van der Waals surface area contributed by atoms with Gasteiger partial charge in [0.1, 0.15) is 0 Å². The molecule has 128 valence electrons. The van der Waals surface area contributed by atoms with E-state index >= 15 is 0 Å². The summed E-state index contributed by atoms with van der Waals surface area (Å²) in [6.07, 6.45) is 4.37. The van der Waals surface area contributed by atoms with Crippen LogP contribution in [-0.2, 0) is 14.3 Å². The minimum Gasteiger partial charge on any atom is -0.383 e. The van der Waals surface area contributed by atoms with Crippen molar-refractivity contribution in [3.05, 3.63) is 0 Å². The van der Waals surface area contributed by atoms with Gasteiger partial charge in [-0.05, 0) is 38.5 Å². The van der Waals surface area contributed by atoms with E-state index < -0.39 is 0 Å². The molecule has 5 nitrogen and oxygen atoms in total. The van der Waals surface area contributed by atoms with E-state index in [2.05, 4.69) is 9.80 Å². The molecule has 0 N–H and O–H groups in total. The summed E-state index contributed by atoms with van der Waals surface area (Å²) in [4.78, 5) is 17.1. The smallest absolute Gasteiger partial charge is 0.225 e. The third-order valence-electron chi connectivity index (χ3n) is 5.05. The van der Waals surface area contributed by atoms with Crippen molar-refractivity contribution in [2.45, 2.75) is 32.6 Å². The summed E-state index contributed by atoms with van der Waals surface area (Å²) >= 11 is 0. The number of methoxy groups -OCH3 is 1. The van der Waals surface area contributed by atoms with Gasteiger partial charge in [-0.3, -0.25) is 9.69 Å². The Balaban J connectivity index is 1.68. The van der Waals surface area contributed by atoms with E-state index in [0.717, 1.165) is 78.2 Å². The monoisotopic (exact) mass is 312 g/mol. The lowest BCUT2D eigenvalue weighted by molar-refractivity contribution is -0.138. The molecule has 2 aliphatic rings. The molecule has 1 saturated heterocycles. The Morgan fingerprint density at radius 3 is 2.36 bits per heavy atom. The van der Waals surface area contributed by atoms with E-state index in [-0.39, 0.29) is 5.92 Å². The van der Waals surface area contributed by atoms with Gasteiger partial charge in [0, 0.05) is 59.0 Å². The lowest BCUT2D eigenvalue weighted by atomic mass is 9.81. The molecule has 2 rings (SSSR count). The summed E-state index contributed by atoms with van der Waals surface area (Å²) in [7, 11) is 1.74. The molecule has 0 aromatic carbocycles. The molecule has 2 fully saturated rings. The maximum atomic E-state index is 12.6. The first-order valence-electron chi connectivity index (χ1n) is 8.82. The predicted octanol–water partition coefficient (Wildman–Crippen LogP) is 1.62. The van der Waals surface area contributed by atoms with Crippen LogP contribution >= 0.6 is 0 Å². The number of carbonyl (C=O) groups excluding carboxylic acids is 1. The van der Waals surface area contributed by atoms with Crippen molar-refractivity contribution >= 4 is 5.91 Å². The number of hydrogen-bond acceptors (Lipinski definition) is 4. The van der Waals surface area contributed by atoms with E-state index in [4.69, 9.17) is 9.47 Å². The molecule has 1 aliphatic carbocycles. The molecule has 1 amide bonds. The van der Waals surface area contributed by atoms with Gasteiger partial charge < -0.3 is 14.4 Å². The Morgan fingerprint density at radius 1 is 1.09 bits per heavy atom. The van der Waals surface area contributed by atoms with Gasteiger partial charge in [-0.25, -0.2) is 0 Å². The van der Waals surface area contributed by atoms with Crippen molar-refractivity contribution in [3.8, 4) is 0 Å². The molecule has 0 unspecified atom stereocenters. The van der Waals surface area contributed by atoms with Crippen molar-refractivity contribution < 1.29 is 14.3 Å². The van der Waals surface area contributed by atoms with Crippen LogP contribution in [0.5, 0.6) is 0 Å². The highest BCUT2D eigenvalue weighted by Crippen LogP contribution is 2.30. The molecule has 1 aliphatic heterocycles. The van der Waals surface area contributed by atoms with E-state index in [1.165, 1.54) is 0 Å². The van der Waals surface area contributed by atoms with Crippen LogP contribution in [-0.4, -0.2) is 75.4 Å². The first-order valence-corrected chi connectivity index (χ1v) is 8.82. The second kappa shape index (κ2) is 9.48. The molecule has 5 heteroatoms. The molecule has 0 aromatic rings. The van der Waals surface area contributed by atoms with Gasteiger partial charge in [0.05, 0.1) is 6.61 Å². The van der Waals surface area contributed by atoms with Crippen LogP contribution in [0.15, 0.2) is 0 Å². The van der Waals surface area contributed by atoms with Gasteiger partial charge in [0.2, 0.25) is 5.91 Å². The summed E-state index contributed by atoms with van der Waals surface area (Å²) in [5.74, 6) is 1.31. The molecule has 0 aromatic heterocycles. The third kappa shape index (κ3) is 5.21. The van der Waals surface area contributed by atoms with Gasteiger partial charge in [0.25, 0.3) is 0 Å². The number of amides is 1. The van der Waals surface area contributed by atoms with Crippen LogP contribution in [0.3, 0.4) is 0 Å². The van der Waals surface area contributed by atoms with Crippen molar-refractivity contribution in [2.75, 3.05) is 59.7 Å². The summed E-state index contributed by atoms with van der Waals surface area (Å²) in [5.41, 5.74) is 0. The zero-order valence-electron chi connectivity index (χ0n) is 14.3.